The summed E-state index contributed by atoms with van der Waals surface area (Å²) < 4.78 is 33.3. The second-order valence-electron chi connectivity index (χ2n) is 9.34. The quantitative estimate of drug-likeness (QED) is 0.428. The summed E-state index contributed by atoms with van der Waals surface area (Å²) in [4.78, 5) is 29.7. The Balaban J connectivity index is 1.14. The van der Waals surface area contributed by atoms with Crippen molar-refractivity contribution in [1.29, 1.82) is 0 Å². The van der Waals surface area contributed by atoms with Gasteiger partial charge in [-0.2, -0.15) is 0 Å². The predicted octanol–water partition coefficient (Wildman–Crippen LogP) is 4.63. The molecule has 0 radical (unpaired) electrons. The minimum Gasteiger partial charge on any atom is -0.485 e. The molecular formula is C27H25BrF2N2O4. The minimum atomic E-state index is -0.925. The van der Waals surface area contributed by atoms with Crippen LogP contribution in [0.25, 0.3) is 10.8 Å². The summed E-state index contributed by atoms with van der Waals surface area (Å²) in [5.74, 6) is -2.55. The third-order valence-corrected chi connectivity index (χ3v) is 7.31. The molecule has 1 saturated heterocycles. The number of hydrogen-bond donors (Lipinski definition) is 1. The highest BCUT2D eigenvalue weighted by molar-refractivity contribution is 9.10. The molecule has 0 aliphatic carbocycles. The van der Waals surface area contributed by atoms with Gasteiger partial charge in [0.25, 0.3) is 11.8 Å². The smallest absolute Gasteiger partial charge is 0.261 e. The van der Waals surface area contributed by atoms with Crippen molar-refractivity contribution in [2.45, 2.75) is 18.9 Å². The molecule has 9 heteroatoms. The molecule has 2 aliphatic rings. The number of amides is 2. The van der Waals surface area contributed by atoms with E-state index in [0.717, 1.165) is 35.7 Å². The molecule has 1 N–H and O–H groups in total. The van der Waals surface area contributed by atoms with Crippen LogP contribution in [0.4, 0.5) is 8.78 Å². The Morgan fingerprint density at radius 2 is 1.58 bits per heavy atom. The first kappa shape index (κ1) is 24.8. The normalized spacial score (nSPS) is 17.6. The number of aliphatic hydroxyl groups is 1. The number of halogens is 3. The monoisotopic (exact) mass is 558 g/mol. The highest BCUT2D eigenvalue weighted by Crippen LogP contribution is 2.31. The molecule has 1 fully saturated rings. The standard InChI is InChI=1S/C27H25BrF2N2O4/c28-18-11-22(29)25(23(30)12-18)36-15-19(33)14-31-9-7-16(8-10-31)13-32-26(34)20-5-1-3-17-4-2-6-21(24(17)20)27(32)35/h1-6,11-12,16,19,33H,7-10,13-15H2/t19-/m1/s1. The van der Waals surface area contributed by atoms with Crippen LogP contribution in [-0.4, -0.2) is 65.6 Å². The van der Waals surface area contributed by atoms with Crippen molar-refractivity contribution < 1.29 is 28.2 Å². The van der Waals surface area contributed by atoms with Gasteiger partial charge in [0.2, 0.25) is 0 Å². The van der Waals surface area contributed by atoms with Crippen LogP contribution >= 0.6 is 15.9 Å². The van der Waals surface area contributed by atoms with E-state index in [-0.39, 0.29) is 28.8 Å². The van der Waals surface area contributed by atoms with E-state index in [2.05, 4.69) is 20.8 Å². The number of carbonyl (C=O) groups excluding carboxylic acids is 2. The second kappa shape index (κ2) is 10.2. The van der Waals surface area contributed by atoms with Crippen LogP contribution in [0.1, 0.15) is 33.6 Å². The Kier molecular flexibility index (Phi) is 7.05. The van der Waals surface area contributed by atoms with Crippen molar-refractivity contribution in [3.63, 3.8) is 0 Å². The maximum atomic E-state index is 13.9. The summed E-state index contributed by atoms with van der Waals surface area (Å²) in [5.41, 5.74) is 1.11. The maximum Gasteiger partial charge on any atom is 0.261 e. The molecule has 0 unspecified atom stereocenters. The number of ether oxygens (including phenoxy) is 1. The molecule has 36 heavy (non-hydrogen) atoms. The molecule has 0 spiro atoms. The summed E-state index contributed by atoms with van der Waals surface area (Å²) in [6.45, 7) is 1.75. The average molecular weight is 559 g/mol. The van der Waals surface area contributed by atoms with Gasteiger partial charge in [0.15, 0.2) is 17.4 Å². The lowest BCUT2D eigenvalue weighted by Crippen LogP contribution is -2.46. The molecule has 0 saturated carbocycles. The lowest BCUT2D eigenvalue weighted by Gasteiger charge is -2.36. The first-order chi connectivity index (χ1) is 17.3. The molecular weight excluding hydrogens is 534 g/mol. The summed E-state index contributed by atoms with van der Waals surface area (Å²) in [5, 5.41) is 11.9. The molecule has 0 bridgehead atoms. The molecule has 5 rings (SSSR count). The number of rotatable bonds is 7. The van der Waals surface area contributed by atoms with Crippen LogP contribution in [0.5, 0.6) is 5.75 Å². The van der Waals surface area contributed by atoms with Crippen LogP contribution < -0.4 is 4.74 Å². The number of benzene rings is 3. The van der Waals surface area contributed by atoms with Crippen LogP contribution in [0.3, 0.4) is 0 Å². The topological polar surface area (TPSA) is 70.1 Å². The van der Waals surface area contributed by atoms with E-state index < -0.39 is 23.5 Å². The van der Waals surface area contributed by atoms with Gasteiger partial charge in [-0.05, 0) is 61.5 Å². The zero-order valence-electron chi connectivity index (χ0n) is 19.4. The number of likely N-dealkylation sites (tertiary alicyclic amines) is 1. The van der Waals surface area contributed by atoms with Gasteiger partial charge in [0, 0.05) is 34.1 Å². The van der Waals surface area contributed by atoms with E-state index in [4.69, 9.17) is 4.74 Å². The van der Waals surface area contributed by atoms with Crippen molar-refractivity contribution in [3.05, 3.63) is 75.8 Å². The van der Waals surface area contributed by atoms with E-state index in [1.807, 2.05) is 24.3 Å². The van der Waals surface area contributed by atoms with Gasteiger partial charge >= 0.3 is 0 Å². The van der Waals surface area contributed by atoms with E-state index in [9.17, 15) is 23.5 Å². The van der Waals surface area contributed by atoms with E-state index in [0.29, 0.717) is 37.3 Å². The summed E-state index contributed by atoms with van der Waals surface area (Å²) in [6.07, 6.45) is 0.588. The Hall–Kier alpha value is -2.88. The summed E-state index contributed by atoms with van der Waals surface area (Å²) in [7, 11) is 0. The first-order valence-corrected chi connectivity index (χ1v) is 12.7. The summed E-state index contributed by atoms with van der Waals surface area (Å²) in [6, 6.07) is 13.2. The van der Waals surface area contributed by atoms with Crippen LogP contribution in [0.15, 0.2) is 53.0 Å². The number of piperidine rings is 1. The van der Waals surface area contributed by atoms with Crippen molar-refractivity contribution in [1.82, 2.24) is 9.80 Å². The number of hydrogen-bond acceptors (Lipinski definition) is 5. The second-order valence-corrected chi connectivity index (χ2v) is 10.3. The molecule has 2 heterocycles. The third-order valence-electron chi connectivity index (χ3n) is 6.86. The van der Waals surface area contributed by atoms with Gasteiger partial charge in [0.1, 0.15) is 12.7 Å². The number of nitrogens with zero attached hydrogens (tertiary/aromatic N) is 2. The SMILES string of the molecule is O=C1c2cccc3cccc(c23)C(=O)N1CC1CCN(C[C@@H](O)COc2c(F)cc(Br)cc2F)CC1. The van der Waals surface area contributed by atoms with Crippen LogP contribution in [0, 0.1) is 17.6 Å². The molecule has 3 aromatic rings. The van der Waals surface area contributed by atoms with Crippen molar-refractivity contribution >= 4 is 38.5 Å². The molecule has 1 atom stereocenters. The number of imide groups is 1. The molecule has 0 aromatic heterocycles. The fourth-order valence-electron chi connectivity index (χ4n) is 5.05. The minimum absolute atomic E-state index is 0.151. The van der Waals surface area contributed by atoms with E-state index in [1.54, 1.807) is 12.1 Å². The number of β-amino-alcohol motifs (C(OH)–C–C–N with tert-alkyl or cyclic N) is 1. The Labute approximate surface area is 215 Å². The van der Waals surface area contributed by atoms with E-state index in [1.165, 1.54) is 4.90 Å². The first-order valence-electron chi connectivity index (χ1n) is 11.9. The van der Waals surface area contributed by atoms with Gasteiger partial charge in [-0.1, -0.05) is 40.2 Å². The van der Waals surface area contributed by atoms with E-state index >= 15 is 0 Å². The van der Waals surface area contributed by atoms with Gasteiger partial charge in [0.05, 0.1) is 0 Å². The third kappa shape index (κ3) is 4.87. The number of aliphatic hydroxyl groups excluding tert-OH is 1. The highest BCUT2D eigenvalue weighted by Gasteiger charge is 2.35. The highest BCUT2D eigenvalue weighted by atomic mass is 79.9. The van der Waals surface area contributed by atoms with Crippen molar-refractivity contribution in [2.75, 3.05) is 32.8 Å². The van der Waals surface area contributed by atoms with Gasteiger partial charge in [-0.15, -0.1) is 0 Å². The molecule has 3 aromatic carbocycles. The largest absolute Gasteiger partial charge is 0.485 e. The Morgan fingerprint density at radius 1 is 1.00 bits per heavy atom. The predicted molar refractivity (Wildman–Crippen MR) is 134 cm³/mol. The Morgan fingerprint density at radius 3 is 2.17 bits per heavy atom. The summed E-state index contributed by atoms with van der Waals surface area (Å²) >= 11 is 3.02. The fourth-order valence-corrected chi connectivity index (χ4v) is 5.46. The molecule has 188 valence electrons. The van der Waals surface area contributed by atoms with Gasteiger partial charge in [-0.25, -0.2) is 8.78 Å². The average Bonchev–Trinajstić information content (AvgIpc) is 2.85. The lowest BCUT2D eigenvalue weighted by molar-refractivity contribution is 0.0442. The Bertz CT molecular complexity index is 1250. The van der Waals surface area contributed by atoms with Gasteiger partial charge in [-0.3, -0.25) is 14.5 Å². The maximum absolute atomic E-state index is 13.9. The lowest BCUT2D eigenvalue weighted by atomic mass is 9.91. The van der Waals surface area contributed by atoms with Crippen LogP contribution in [0.2, 0.25) is 0 Å². The van der Waals surface area contributed by atoms with Gasteiger partial charge < -0.3 is 14.7 Å². The van der Waals surface area contributed by atoms with Crippen molar-refractivity contribution in [2.24, 2.45) is 5.92 Å². The fraction of sp³-hybridized carbons (Fsp3) is 0.333. The molecule has 2 aliphatic heterocycles. The number of carbonyl (C=O) groups is 2. The van der Waals surface area contributed by atoms with Crippen LogP contribution in [-0.2, 0) is 0 Å². The molecule has 2 amide bonds. The zero-order chi connectivity index (χ0) is 25.4. The zero-order valence-corrected chi connectivity index (χ0v) is 21.0. The molecule has 6 nitrogen and oxygen atoms in total. The van der Waals surface area contributed by atoms with Crippen molar-refractivity contribution in [3.8, 4) is 5.75 Å².